The van der Waals surface area contributed by atoms with Crippen molar-refractivity contribution < 1.29 is 23.5 Å². The van der Waals surface area contributed by atoms with Gasteiger partial charge in [-0.05, 0) is 65.3 Å². The fourth-order valence-electron chi connectivity index (χ4n) is 2.58. The maximum absolute atomic E-state index is 14.2. The van der Waals surface area contributed by atoms with Crippen LogP contribution in [0.4, 0.5) is 4.39 Å². The molecule has 0 atom stereocenters. The Morgan fingerprint density at radius 2 is 1.55 bits per heavy atom. The van der Waals surface area contributed by atoms with E-state index in [0.29, 0.717) is 5.56 Å². The van der Waals surface area contributed by atoms with Crippen LogP contribution in [0.1, 0.15) is 52.7 Å². The second-order valence-electron chi connectivity index (χ2n) is 8.92. The van der Waals surface area contributed by atoms with E-state index in [1.165, 1.54) is 17.0 Å². The van der Waals surface area contributed by atoms with Crippen molar-refractivity contribution in [2.75, 3.05) is 13.1 Å². The van der Waals surface area contributed by atoms with E-state index in [-0.39, 0.29) is 31.0 Å². The molecule has 31 heavy (non-hydrogen) atoms. The molecule has 0 heterocycles. The first-order chi connectivity index (χ1) is 14.2. The summed E-state index contributed by atoms with van der Waals surface area (Å²) in [6, 6.07) is 4.06. The van der Waals surface area contributed by atoms with Gasteiger partial charge >= 0.3 is 11.9 Å². The molecular weight excluding hydrogens is 405 g/mol. The van der Waals surface area contributed by atoms with E-state index in [0.717, 1.165) is 6.34 Å². The van der Waals surface area contributed by atoms with Gasteiger partial charge in [0.1, 0.15) is 23.4 Å². The Kier molecular flexibility index (Phi) is 9.11. The van der Waals surface area contributed by atoms with E-state index < -0.39 is 29.0 Å². The van der Waals surface area contributed by atoms with Crippen molar-refractivity contribution in [3.05, 3.63) is 35.1 Å². The Hall–Kier alpha value is -3.01. The summed E-state index contributed by atoms with van der Waals surface area (Å²) in [5, 5.41) is 7.14. The summed E-state index contributed by atoms with van der Waals surface area (Å²) in [4.78, 5) is 26.2. The summed E-state index contributed by atoms with van der Waals surface area (Å²) in [6.45, 7) is 10.1. The number of halogens is 1. The molecule has 1 aromatic carbocycles. The van der Waals surface area contributed by atoms with Gasteiger partial charge in [-0.1, -0.05) is 0 Å². The fraction of sp³-hybridized carbons (Fsp3) is 0.524. The first kappa shape index (κ1) is 26.0. The van der Waals surface area contributed by atoms with Gasteiger partial charge in [0.05, 0.1) is 13.1 Å². The van der Waals surface area contributed by atoms with Gasteiger partial charge in [-0.25, -0.2) is 4.39 Å². The summed E-state index contributed by atoms with van der Waals surface area (Å²) in [7, 11) is 0. The molecule has 1 aromatic rings. The summed E-state index contributed by atoms with van der Waals surface area (Å²) < 4.78 is 24.8. The Bertz CT molecular complexity index is 811. The molecule has 0 amide bonds. The minimum atomic E-state index is -0.685. The molecule has 0 aliphatic carbocycles. The standard InChI is InChI=1S/C21H32FN5O4/c1-20(2,3)30-17(28)11-27(12-18(29)31-21(4,5)6)10-14-7-15(9-16(22)8-14)19(24)26-25-13-23/h7-9,13H,10-12H2,1-6H3,(H2,23,25)(H2,24,26). The van der Waals surface area contributed by atoms with Crippen molar-refractivity contribution in [2.45, 2.75) is 59.3 Å². The third-order valence-electron chi connectivity index (χ3n) is 3.44. The SMILES string of the molecule is CC(C)(C)OC(=O)CN(CC(=O)OC(C)(C)C)Cc1cc(F)cc(/C(N)=N/N=C\N)c1. The number of hydrogen-bond donors (Lipinski definition) is 2. The molecule has 0 spiro atoms. The van der Waals surface area contributed by atoms with Crippen LogP contribution in [-0.4, -0.2) is 53.3 Å². The van der Waals surface area contributed by atoms with E-state index in [1.54, 1.807) is 47.6 Å². The number of amidine groups is 1. The first-order valence-electron chi connectivity index (χ1n) is 9.71. The second-order valence-corrected chi connectivity index (χ2v) is 8.92. The average molecular weight is 438 g/mol. The summed E-state index contributed by atoms with van der Waals surface area (Å²) >= 11 is 0. The van der Waals surface area contributed by atoms with Crippen LogP contribution in [-0.2, 0) is 25.6 Å². The van der Waals surface area contributed by atoms with E-state index in [4.69, 9.17) is 20.9 Å². The molecule has 0 unspecified atom stereocenters. The topological polar surface area (TPSA) is 133 Å². The van der Waals surface area contributed by atoms with Crippen LogP contribution in [0.5, 0.6) is 0 Å². The molecule has 0 fully saturated rings. The molecule has 172 valence electrons. The fourth-order valence-corrected chi connectivity index (χ4v) is 2.58. The highest BCUT2D eigenvalue weighted by Gasteiger charge is 2.24. The zero-order valence-electron chi connectivity index (χ0n) is 18.9. The number of nitrogens with zero attached hydrogens (tertiary/aromatic N) is 3. The number of benzene rings is 1. The van der Waals surface area contributed by atoms with Crippen molar-refractivity contribution in [1.82, 2.24) is 4.90 Å². The van der Waals surface area contributed by atoms with Crippen molar-refractivity contribution >= 4 is 24.1 Å². The molecule has 1 rings (SSSR count). The Balaban J connectivity index is 3.11. The first-order valence-corrected chi connectivity index (χ1v) is 9.71. The number of carbonyl (C=O) groups excluding carboxylic acids is 2. The monoisotopic (exact) mass is 437 g/mol. The van der Waals surface area contributed by atoms with Gasteiger partial charge in [0.15, 0.2) is 5.84 Å². The number of rotatable bonds is 8. The maximum Gasteiger partial charge on any atom is 0.320 e. The van der Waals surface area contributed by atoms with E-state index in [2.05, 4.69) is 10.2 Å². The van der Waals surface area contributed by atoms with Gasteiger partial charge in [0, 0.05) is 12.1 Å². The minimum Gasteiger partial charge on any atom is -0.459 e. The van der Waals surface area contributed by atoms with Crippen LogP contribution in [0.15, 0.2) is 28.4 Å². The lowest BCUT2D eigenvalue weighted by Gasteiger charge is -2.26. The number of esters is 2. The molecule has 9 nitrogen and oxygen atoms in total. The van der Waals surface area contributed by atoms with E-state index >= 15 is 0 Å². The lowest BCUT2D eigenvalue weighted by molar-refractivity contribution is -0.160. The van der Waals surface area contributed by atoms with Gasteiger partial charge in [0.2, 0.25) is 0 Å². The van der Waals surface area contributed by atoms with Crippen LogP contribution >= 0.6 is 0 Å². The largest absolute Gasteiger partial charge is 0.459 e. The molecule has 0 aliphatic rings. The summed E-state index contributed by atoms with van der Waals surface area (Å²) in [6.07, 6.45) is 0.955. The summed E-state index contributed by atoms with van der Waals surface area (Å²) in [5.74, 6) is -1.64. The van der Waals surface area contributed by atoms with Crippen molar-refractivity contribution in [3.63, 3.8) is 0 Å². The number of carbonyl (C=O) groups is 2. The molecule has 0 aromatic heterocycles. The number of ether oxygens (including phenoxy) is 2. The lowest BCUT2D eigenvalue weighted by atomic mass is 10.1. The van der Waals surface area contributed by atoms with Crippen LogP contribution < -0.4 is 11.5 Å². The Labute approximate surface area is 182 Å². The number of hydrogen-bond acceptors (Lipinski definition) is 7. The molecule has 4 N–H and O–H groups in total. The van der Waals surface area contributed by atoms with Gasteiger partial charge in [-0.3, -0.25) is 14.5 Å². The van der Waals surface area contributed by atoms with Crippen molar-refractivity contribution in [2.24, 2.45) is 21.7 Å². The van der Waals surface area contributed by atoms with Crippen LogP contribution in [0.25, 0.3) is 0 Å². The molecule has 10 heteroatoms. The highest BCUT2D eigenvalue weighted by atomic mass is 19.1. The molecule has 0 saturated carbocycles. The minimum absolute atomic E-state index is 0.0340. The van der Waals surface area contributed by atoms with Crippen LogP contribution in [0.2, 0.25) is 0 Å². The maximum atomic E-state index is 14.2. The molecular formula is C21H32FN5O4. The van der Waals surface area contributed by atoms with E-state index in [1.807, 2.05) is 0 Å². The smallest absolute Gasteiger partial charge is 0.320 e. The van der Waals surface area contributed by atoms with E-state index in [9.17, 15) is 14.0 Å². The summed E-state index contributed by atoms with van der Waals surface area (Å²) in [5.41, 5.74) is 10.3. The van der Waals surface area contributed by atoms with Gasteiger partial charge in [0.25, 0.3) is 0 Å². The molecule has 0 aliphatic heterocycles. The zero-order chi connectivity index (χ0) is 23.8. The Morgan fingerprint density at radius 3 is 2.00 bits per heavy atom. The zero-order valence-corrected chi connectivity index (χ0v) is 18.9. The van der Waals surface area contributed by atoms with Crippen molar-refractivity contribution in [1.29, 1.82) is 0 Å². The molecule has 0 radical (unpaired) electrons. The van der Waals surface area contributed by atoms with Crippen LogP contribution in [0, 0.1) is 5.82 Å². The van der Waals surface area contributed by atoms with Gasteiger partial charge in [-0.15, -0.1) is 10.2 Å². The number of nitrogens with two attached hydrogens (primary N) is 2. The molecule has 0 saturated heterocycles. The Morgan fingerprint density at radius 1 is 1.03 bits per heavy atom. The van der Waals surface area contributed by atoms with Crippen LogP contribution in [0.3, 0.4) is 0 Å². The predicted octanol–water partition coefficient (Wildman–Crippen LogP) is 1.92. The third kappa shape index (κ3) is 11.1. The lowest BCUT2D eigenvalue weighted by Crippen LogP contribution is -2.39. The third-order valence-corrected chi connectivity index (χ3v) is 3.44. The second kappa shape index (κ2) is 10.9. The predicted molar refractivity (Wildman–Crippen MR) is 117 cm³/mol. The highest BCUT2D eigenvalue weighted by Crippen LogP contribution is 2.15. The average Bonchev–Trinajstić information content (AvgIpc) is 2.55. The highest BCUT2D eigenvalue weighted by molar-refractivity contribution is 5.97. The quantitative estimate of drug-likeness (QED) is 0.275. The van der Waals surface area contributed by atoms with Gasteiger partial charge in [-0.2, -0.15) is 0 Å². The van der Waals surface area contributed by atoms with Crippen molar-refractivity contribution in [3.8, 4) is 0 Å². The normalized spacial score (nSPS) is 13.0. The van der Waals surface area contributed by atoms with Gasteiger partial charge < -0.3 is 20.9 Å². The molecule has 0 bridgehead atoms.